The van der Waals surface area contributed by atoms with Gasteiger partial charge in [0.2, 0.25) is 0 Å². The van der Waals surface area contributed by atoms with Crippen LogP contribution in [0.3, 0.4) is 0 Å². The number of benzene rings is 1. The van der Waals surface area contributed by atoms with Crippen molar-refractivity contribution in [3.63, 3.8) is 0 Å². The molecule has 1 aromatic carbocycles. The molecule has 0 amide bonds. The number of rotatable bonds is 2. The Bertz CT molecular complexity index is 397. The van der Waals surface area contributed by atoms with E-state index < -0.39 is 7.82 Å². The number of hydrogen-bond donors (Lipinski definition) is 2. The van der Waals surface area contributed by atoms with Crippen molar-refractivity contribution >= 4 is 7.82 Å². The Hall–Kier alpha value is -1.03. The van der Waals surface area contributed by atoms with Crippen LogP contribution in [-0.4, -0.2) is 16.4 Å². The van der Waals surface area contributed by atoms with Crippen LogP contribution in [-0.2, 0) is 11.0 Å². The van der Waals surface area contributed by atoms with Crippen LogP contribution in [0.1, 0.15) is 5.56 Å². The summed E-state index contributed by atoms with van der Waals surface area (Å²) < 4.78 is 20.2. The zero-order valence-corrected chi connectivity index (χ0v) is 8.11. The van der Waals surface area contributed by atoms with Gasteiger partial charge in [0.05, 0.1) is 6.61 Å². The zero-order chi connectivity index (χ0) is 10.2. The minimum atomic E-state index is -4.47. The average Bonchev–Trinajstić information content (AvgIpc) is 2.47. The maximum absolute atomic E-state index is 10.5. The number of phosphoric ester groups is 1. The minimum absolute atomic E-state index is 0.124. The minimum Gasteiger partial charge on any atom is -0.493 e. The summed E-state index contributed by atoms with van der Waals surface area (Å²) in [7, 11) is -4.47. The molecule has 0 atom stereocenters. The molecular formula is C8H9O5P. The van der Waals surface area contributed by atoms with Crippen LogP contribution in [0.2, 0.25) is 0 Å². The fraction of sp³-hybridized carbons (Fsp3) is 0.250. The molecule has 6 heteroatoms. The van der Waals surface area contributed by atoms with Gasteiger partial charge in [-0.15, -0.1) is 0 Å². The van der Waals surface area contributed by atoms with Gasteiger partial charge in [0, 0.05) is 12.5 Å². The van der Waals surface area contributed by atoms with E-state index in [-0.39, 0.29) is 5.75 Å². The lowest BCUT2D eigenvalue weighted by Crippen LogP contribution is -1.90. The molecule has 0 bridgehead atoms. The fourth-order valence-corrected chi connectivity index (χ4v) is 1.73. The monoisotopic (exact) mass is 216 g/mol. The average molecular weight is 216 g/mol. The molecule has 0 aliphatic carbocycles. The van der Waals surface area contributed by atoms with Crippen LogP contribution in [0.25, 0.3) is 0 Å². The first-order valence-corrected chi connectivity index (χ1v) is 5.58. The van der Waals surface area contributed by atoms with Crippen molar-refractivity contribution in [1.82, 2.24) is 0 Å². The van der Waals surface area contributed by atoms with Crippen LogP contribution in [0, 0.1) is 0 Å². The molecule has 0 saturated carbocycles. The van der Waals surface area contributed by atoms with Gasteiger partial charge in [-0.25, -0.2) is 4.57 Å². The summed E-state index contributed by atoms with van der Waals surface area (Å²) >= 11 is 0. The van der Waals surface area contributed by atoms with Gasteiger partial charge in [-0.3, -0.25) is 9.79 Å². The molecule has 0 saturated heterocycles. The molecule has 1 aromatic rings. The highest BCUT2D eigenvalue weighted by molar-refractivity contribution is 7.46. The highest BCUT2D eigenvalue weighted by Crippen LogP contribution is 2.40. The van der Waals surface area contributed by atoms with Crippen molar-refractivity contribution in [1.29, 1.82) is 0 Å². The van der Waals surface area contributed by atoms with E-state index in [1.54, 1.807) is 6.07 Å². The van der Waals surface area contributed by atoms with Crippen LogP contribution in [0.15, 0.2) is 18.2 Å². The maximum atomic E-state index is 10.5. The third kappa shape index (κ3) is 2.07. The summed E-state index contributed by atoms with van der Waals surface area (Å²) in [5.74, 6) is 0.759. The van der Waals surface area contributed by atoms with E-state index in [4.69, 9.17) is 14.5 Å². The molecule has 2 rings (SSSR count). The Labute approximate surface area is 80.5 Å². The van der Waals surface area contributed by atoms with E-state index in [9.17, 15) is 4.57 Å². The molecular weight excluding hydrogens is 207 g/mol. The summed E-state index contributed by atoms with van der Waals surface area (Å²) in [6.07, 6.45) is 0.825. The number of fused-ring (bicyclic) bond motifs is 1. The Morgan fingerprint density at radius 1 is 1.43 bits per heavy atom. The highest BCUT2D eigenvalue weighted by Gasteiger charge is 2.18. The van der Waals surface area contributed by atoms with Gasteiger partial charge in [0.25, 0.3) is 0 Å². The predicted octanol–water partition coefficient (Wildman–Crippen LogP) is 1.09. The van der Waals surface area contributed by atoms with Crippen molar-refractivity contribution in [2.45, 2.75) is 6.42 Å². The SMILES string of the molecule is O=P(O)(O)Oc1ccc2c(c1)OCC2. The lowest BCUT2D eigenvalue weighted by atomic mass is 10.2. The number of ether oxygens (including phenoxy) is 1. The van der Waals surface area contributed by atoms with E-state index in [0.29, 0.717) is 12.4 Å². The van der Waals surface area contributed by atoms with Crippen LogP contribution >= 0.6 is 7.82 Å². The highest BCUT2D eigenvalue weighted by atomic mass is 31.2. The Balaban J connectivity index is 2.25. The molecule has 0 aromatic heterocycles. The molecule has 1 heterocycles. The van der Waals surface area contributed by atoms with Gasteiger partial charge in [0.1, 0.15) is 11.5 Å². The van der Waals surface area contributed by atoms with Crippen molar-refractivity contribution in [2.24, 2.45) is 0 Å². The first kappa shape index (κ1) is 9.52. The number of hydrogen-bond acceptors (Lipinski definition) is 3. The Kier molecular flexibility index (Phi) is 2.23. The molecule has 76 valence electrons. The second-order valence-electron chi connectivity index (χ2n) is 2.95. The summed E-state index contributed by atoms with van der Waals surface area (Å²) in [5, 5.41) is 0. The number of phosphoric acid groups is 1. The molecule has 2 N–H and O–H groups in total. The second kappa shape index (κ2) is 3.28. The standard InChI is InChI=1S/C8H9O5P/c9-14(10,11)13-7-2-1-6-3-4-12-8(6)5-7/h1-2,5H,3-4H2,(H2,9,10,11). The maximum Gasteiger partial charge on any atom is 0.524 e. The summed E-state index contributed by atoms with van der Waals surface area (Å²) in [5.41, 5.74) is 1.03. The van der Waals surface area contributed by atoms with Crippen molar-refractivity contribution < 1.29 is 23.6 Å². The predicted molar refractivity (Wildman–Crippen MR) is 48.3 cm³/mol. The topological polar surface area (TPSA) is 76.0 Å². The molecule has 0 radical (unpaired) electrons. The second-order valence-corrected chi connectivity index (χ2v) is 4.11. The molecule has 0 fully saturated rings. The first-order chi connectivity index (χ1) is 6.54. The van der Waals surface area contributed by atoms with Gasteiger partial charge in [0.15, 0.2) is 0 Å². The third-order valence-corrected chi connectivity index (χ3v) is 2.34. The van der Waals surface area contributed by atoms with Gasteiger partial charge in [-0.05, 0) is 11.6 Å². The summed E-state index contributed by atoms with van der Waals surface area (Å²) in [6, 6.07) is 4.75. The zero-order valence-electron chi connectivity index (χ0n) is 7.21. The van der Waals surface area contributed by atoms with E-state index in [1.165, 1.54) is 12.1 Å². The Morgan fingerprint density at radius 2 is 2.21 bits per heavy atom. The van der Waals surface area contributed by atoms with Gasteiger partial charge < -0.3 is 9.26 Å². The molecule has 5 nitrogen and oxygen atoms in total. The smallest absolute Gasteiger partial charge is 0.493 e. The van der Waals surface area contributed by atoms with Gasteiger partial charge in [-0.1, -0.05) is 6.07 Å². The fourth-order valence-electron chi connectivity index (χ4n) is 1.34. The molecule has 1 aliphatic heterocycles. The Morgan fingerprint density at radius 3 is 2.93 bits per heavy atom. The van der Waals surface area contributed by atoms with E-state index in [0.717, 1.165) is 12.0 Å². The largest absolute Gasteiger partial charge is 0.524 e. The third-order valence-electron chi connectivity index (χ3n) is 1.89. The van der Waals surface area contributed by atoms with Crippen molar-refractivity contribution in [3.8, 4) is 11.5 Å². The van der Waals surface area contributed by atoms with Gasteiger partial charge >= 0.3 is 7.82 Å². The van der Waals surface area contributed by atoms with Crippen LogP contribution in [0.5, 0.6) is 11.5 Å². The van der Waals surface area contributed by atoms with E-state index in [1.807, 2.05) is 0 Å². The lowest BCUT2D eigenvalue weighted by molar-refractivity contribution is 0.282. The molecule has 0 spiro atoms. The van der Waals surface area contributed by atoms with E-state index in [2.05, 4.69) is 4.52 Å². The van der Waals surface area contributed by atoms with E-state index >= 15 is 0 Å². The molecule has 1 aliphatic rings. The van der Waals surface area contributed by atoms with Crippen molar-refractivity contribution in [2.75, 3.05) is 6.61 Å². The molecule has 14 heavy (non-hydrogen) atoms. The quantitative estimate of drug-likeness (QED) is 0.723. The molecule has 0 unspecified atom stereocenters. The normalized spacial score (nSPS) is 14.7. The lowest BCUT2D eigenvalue weighted by Gasteiger charge is -2.07. The summed E-state index contributed by atoms with van der Waals surface area (Å²) in [4.78, 5) is 17.1. The first-order valence-electron chi connectivity index (χ1n) is 4.05. The van der Waals surface area contributed by atoms with Crippen LogP contribution in [0.4, 0.5) is 0 Å². The van der Waals surface area contributed by atoms with Crippen LogP contribution < -0.4 is 9.26 Å². The van der Waals surface area contributed by atoms with Gasteiger partial charge in [-0.2, -0.15) is 0 Å². The van der Waals surface area contributed by atoms with Crippen molar-refractivity contribution in [3.05, 3.63) is 23.8 Å². The summed E-state index contributed by atoms with van der Waals surface area (Å²) in [6.45, 7) is 0.606.